The molecule has 0 fully saturated rings. The van der Waals surface area contributed by atoms with E-state index in [-0.39, 0.29) is 17.7 Å². The molecule has 2 aromatic carbocycles. The summed E-state index contributed by atoms with van der Waals surface area (Å²) < 4.78 is 32.7. The molecule has 0 aliphatic carbocycles. The first kappa shape index (κ1) is 20.6. The molecule has 27 heavy (non-hydrogen) atoms. The molecule has 0 aromatic heterocycles. The van der Waals surface area contributed by atoms with Crippen LogP contribution in [0.15, 0.2) is 29.3 Å². The van der Waals surface area contributed by atoms with Crippen molar-refractivity contribution in [2.24, 2.45) is 4.99 Å². The summed E-state index contributed by atoms with van der Waals surface area (Å²) in [5.41, 5.74) is 2.95. The van der Waals surface area contributed by atoms with Gasteiger partial charge in [0.2, 0.25) is 0 Å². The van der Waals surface area contributed by atoms with Crippen molar-refractivity contribution in [3.05, 3.63) is 63.7 Å². The van der Waals surface area contributed by atoms with Gasteiger partial charge >= 0.3 is 5.97 Å². The van der Waals surface area contributed by atoms with Crippen molar-refractivity contribution < 1.29 is 18.3 Å². The molecule has 0 unspecified atom stereocenters. The Morgan fingerprint density at radius 2 is 1.81 bits per heavy atom. The van der Waals surface area contributed by atoms with Crippen LogP contribution in [-0.2, 0) is 11.3 Å². The van der Waals surface area contributed by atoms with Crippen LogP contribution >= 0.6 is 0 Å². The van der Waals surface area contributed by atoms with Crippen LogP contribution < -0.4 is 0 Å². The number of aliphatic imine (C=N–C) groups is 1. The van der Waals surface area contributed by atoms with E-state index in [0.29, 0.717) is 5.56 Å². The van der Waals surface area contributed by atoms with E-state index in [2.05, 4.69) is 4.99 Å². The van der Waals surface area contributed by atoms with Crippen molar-refractivity contribution in [2.45, 2.75) is 34.3 Å². The lowest BCUT2D eigenvalue weighted by atomic mass is 10.0. The number of ether oxygens (including phenoxy) is 1. The molecule has 0 N–H and O–H groups in total. The molecule has 0 radical (unpaired) electrons. The third-order valence-electron chi connectivity index (χ3n) is 4.59. The SMILES string of the molecule is CCN(C)C=Nc1ccc(C(=O)OCc2ccc(C)c(F)c2F)c(C)c1C. The van der Waals surface area contributed by atoms with Gasteiger partial charge in [0.05, 0.1) is 17.6 Å². The van der Waals surface area contributed by atoms with Crippen LogP contribution in [0.25, 0.3) is 0 Å². The van der Waals surface area contributed by atoms with E-state index in [1.54, 1.807) is 25.4 Å². The molecular weight excluding hydrogens is 350 g/mol. The Morgan fingerprint density at radius 1 is 1.11 bits per heavy atom. The van der Waals surface area contributed by atoms with Gasteiger partial charge in [0.25, 0.3) is 0 Å². The third kappa shape index (κ3) is 4.70. The topological polar surface area (TPSA) is 41.9 Å². The number of hydrogen-bond acceptors (Lipinski definition) is 3. The van der Waals surface area contributed by atoms with Crippen LogP contribution in [0, 0.1) is 32.4 Å². The molecule has 0 saturated carbocycles. The van der Waals surface area contributed by atoms with Crippen molar-refractivity contribution in [1.29, 1.82) is 0 Å². The van der Waals surface area contributed by atoms with Gasteiger partial charge in [-0.05, 0) is 56.5 Å². The quantitative estimate of drug-likeness (QED) is 0.412. The lowest BCUT2D eigenvalue weighted by Crippen LogP contribution is -2.14. The molecule has 6 heteroatoms. The summed E-state index contributed by atoms with van der Waals surface area (Å²) in [6.45, 7) is 7.68. The minimum absolute atomic E-state index is 0.00430. The number of carbonyl (C=O) groups is 1. The van der Waals surface area contributed by atoms with Crippen molar-refractivity contribution in [3.8, 4) is 0 Å². The van der Waals surface area contributed by atoms with E-state index in [0.717, 1.165) is 23.4 Å². The number of rotatable bonds is 6. The maximum absolute atomic E-state index is 13.9. The van der Waals surface area contributed by atoms with Crippen molar-refractivity contribution in [1.82, 2.24) is 4.90 Å². The Balaban J connectivity index is 2.16. The minimum Gasteiger partial charge on any atom is -0.457 e. The Labute approximate surface area is 158 Å². The highest BCUT2D eigenvalue weighted by atomic mass is 19.2. The van der Waals surface area contributed by atoms with Gasteiger partial charge in [0.1, 0.15) is 6.61 Å². The standard InChI is InChI=1S/C21H24F2N2O2/c1-6-25(5)12-24-18-10-9-17(14(3)15(18)4)21(26)27-11-16-8-7-13(2)19(22)20(16)23/h7-10,12H,6,11H2,1-5H3. The lowest BCUT2D eigenvalue weighted by molar-refractivity contribution is 0.0467. The first-order valence-corrected chi connectivity index (χ1v) is 8.71. The largest absolute Gasteiger partial charge is 0.457 e. The first-order valence-electron chi connectivity index (χ1n) is 8.71. The summed E-state index contributed by atoms with van der Waals surface area (Å²) >= 11 is 0. The molecule has 0 amide bonds. The van der Waals surface area contributed by atoms with Gasteiger partial charge in [0.15, 0.2) is 11.6 Å². The lowest BCUT2D eigenvalue weighted by Gasteiger charge is -2.13. The number of halogens is 2. The summed E-state index contributed by atoms with van der Waals surface area (Å²) in [4.78, 5) is 18.7. The van der Waals surface area contributed by atoms with E-state index in [4.69, 9.17) is 4.74 Å². The molecule has 2 aromatic rings. The monoisotopic (exact) mass is 374 g/mol. The van der Waals surface area contributed by atoms with Crippen LogP contribution in [0.3, 0.4) is 0 Å². The van der Waals surface area contributed by atoms with Crippen LogP contribution in [0.5, 0.6) is 0 Å². The zero-order chi connectivity index (χ0) is 20.1. The van der Waals surface area contributed by atoms with Gasteiger partial charge in [-0.25, -0.2) is 18.6 Å². The predicted molar refractivity (Wildman–Crippen MR) is 103 cm³/mol. The van der Waals surface area contributed by atoms with Crippen LogP contribution in [0.1, 0.15) is 39.5 Å². The van der Waals surface area contributed by atoms with Gasteiger partial charge in [-0.1, -0.05) is 12.1 Å². The van der Waals surface area contributed by atoms with Crippen molar-refractivity contribution in [2.75, 3.05) is 13.6 Å². The van der Waals surface area contributed by atoms with Gasteiger partial charge in [0, 0.05) is 19.2 Å². The zero-order valence-corrected chi connectivity index (χ0v) is 16.3. The number of nitrogens with zero attached hydrogens (tertiary/aromatic N) is 2. The summed E-state index contributed by atoms with van der Waals surface area (Å²) in [5.74, 6) is -2.49. The second-order valence-electron chi connectivity index (χ2n) is 6.45. The smallest absolute Gasteiger partial charge is 0.338 e. The summed E-state index contributed by atoms with van der Waals surface area (Å²) in [5, 5.41) is 0. The van der Waals surface area contributed by atoms with Gasteiger partial charge in [-0.3, -0.25) is 0 Å². The van der Waals surface area contributed by atoms with Crippen LogP contribution in [0.4, 0.5) is 14.5 Å². The molecule has 0 spiro atoms. The second kappa shape index (κ2) is 8.75. The fourth-order valence-electron chi connectivity index (χ4n) is 2.43. The Hall–Kier alpha value is -2.76. The number of benzene rings is 2. The first-order chi connectivity index (χ1) is 12.8. The van der Waals surface area contributed by atoms with Crippen molar-refractivity contribution in [3.63, 3.8) is 0 Å². The molecule has 0 heterocycles. The Bertz CT molecular complexity index is 879. The maximum Gasteiger partial charge on any atom is 0.338 e. The number of esters is 1. The Kier molecular flexibility index (Phi) is 6.66. The summed E-state index contributed by atoms with van der Waals surface area (Å²) in [6, 6.07) is 6.25. The predicted octanol–water partition coefficient (Wildman–Crippen LogP) is 4.86. The highest BCUT2D eigenvalue weighted by molar-refractivity contribution is 5.92. The van der Waals surface area contributed by atoms with E-state index in [9.17, 15) is 13.6 Å². The van der Waals surface area contributed by atoms with E-state index in [1.165, 1.54) is 19.1 Å². The van der Waals surface area contributed by atoms with E-state index >= 15 is 0 Å². The molecular formula is C21H24F2N2O2. The minimum atomic E-state index is -0.986. The third-order valence-corrected chi connectivity index (χ3v) is 4.59. The van der Waals surface area contributed by atoms with Crippen LogP contribution in [0.2, 0.25) is 0 Å². The van der Waals surface area contributed by atoms with Gasteiger partial charge in [-0.15, -0.1) is 0 Å². The van der Waals surface area contributed by atoms with E-state index < -0.39 is 17.6 Å². The second-order valence-corrected chi connectivity index (χ2v) is 6.45. The maximum atomic E-state index is 13.9. The van der Waals surface area contributed by atoms with Crippen molar-refractivity contribution >= 4 is 18.0 Å². The number of aryl methyl sites for hydroxylation is 1. The zero-order valence-electron chi connectivity index (χ0n) is 16.3. The highest BCUT2D eigenvalue weighted by Crippen LogP contribution is 2.25. The molecule has 0 atom stereocenters. The van der Waals surface area contributed by atoms with Gasteiger partial charge in [-0.2, -0.15) is 0 Å². The number of carbonyl (C=O) groups excluding carboxylic acids is 1. The fourth-order valence-corrected chi connectivity index (χ4v) is 2.43. The highest BCUT2D eigenvalue weighted by Gasteiger charge is 2.16. The average molecular weight is 374 g/mol. The fraction of sp³-hybridized carbons (Fsp3) is 0.333. The summed E-state index contributed by atoms with van der Waals surface area (Å²) in [7, 11) is 1.92. The molecule has 0 aliphatic rings. The van der Waals surface area contributed by atoms with Crippen LogP contribution in [-0.4, -0.2) is 30.8 Å². The summed E-state index contributed by atoms with van der Waals surface area (Å²) in [6.07, 6.45) is 1.73. The molecule has 0 aliphatic heterocycles. The normalized spacial score (nSPS) is 11.1. The molecule has 144 valence electrons. The van der Waals surface area contributed by atoms with Gasteiger partial charge < -0.3 is 9.64 Å². The molecule has 4 nitrogen and oxygen atoms in total. The molecule has 0 bridgehead atoms. The molecule has 2 rings (SSSR count). The Morgan fingerprint density at radius 3 is 2.48 bits per heavy atom. The number of hydrogen-bond donors (Lipinski definition) is 0. The van der Waals surface area contributed by atoms with E-state index in [1.807, 2.05) is 25.8 Å². The average Bonchev–Trinajstić information content (AvgIpc) is 2.66. The molecule has 0 saturated heterocycles.